The first-order chi connectivity index (χ1) is 8.37. The number of hydrogen-bond donors (Lipinski definition) is 2. The summed E-state index contributed by atoms with van der Waals surface area (Å²) in [4.78, 5) is 23.8. The van der Waals surface area contributed by atoms with Crippen LogP contribution in [0.15, 0.2) is 0 Å². The van der Waals surface area contributed by atoms with Crippen LogP contribution in [0.4, 0.5) is 4.79 Å². The second kappa shape index (κ2) is 6.03. The molecule has 0 aromatic heterocycles. The third kappa shape index (κ3) is 3.86. The Morgan fingerprint density at radius 3 is 2.67 bits per heavy atom. The largest absolute Gasteiger partial charge is 0.480 e. The number of hydrogen-bond acceptors (Lipinski definition) is 4. The molecule has 1 heterocycles. The van der Waals surface area contributed by atoms with Crippen molar-refractivity contribution in [1.82, 2.24) is 10.2 Å². The molecular weight excluding hydrogens is 260 g/mol. The Kier molecular flexibility index (Phi) is 4.94. The zero-order valence-electron chi connectivity index (χ0n) is 10.3. The molecule has 18 heavy (non-hydrogen) atoms. The number of aliphatic carboxylic acids is 1. The molecule has 0 aromatic rings. The Morgan fingerprint density at radius 2 is 2.11 bits per heavy atom. The van der Waals surface area contributed by atoms with Crippen molar-refractivity contribution in [2.75, 3.05) is 24.6 Å². The minimum atomic E-state index is -3.12. The molecule has 1 aliphatic heterocycles. The summed E-state index contributed by atoms with van der Waals surface area (Å²) in [5, 5.41) is 11.4. The predicted molar refractivity (Wildman–Crippen MR) is 65.1 cm³/mol. The average Bonchev–Trinajstić information content (AvgIpc) is 2.77. The summed E-state index contributed by atoms with van der Waals surface area (Å²) in [6.45, 7) is 1.94. The molecule has 8 heteroatoms. The van der Waals surface area contributed by atoms with E-state index in [4.69, 9.17) is 5.11 Å². The number of carbonyl (C=O) groups is 2. The Morgan fingerprint density at radius 1 is 1.44 bits per heavy atom. The number of nitrogens with one attached hydrogen (secondary N) is 1. The number of nitrogens with zero attached hydrogens (tertiary/aromatic N) is 1. The maximum absolute atomic E-state index is 11.7. The zero-order valence-corrected chi connectivity index (χ0v) is 11.1. The van der Waals surface area contributed by atoms with Crippen molar-refractivity contribution in [1.29, 1.82) is 0 Å². The molecule has 0 radical (unpaired) electrons. The van der Waals surface area contributed by atoms with E-state index >= 15 is 0 Å². The van der Waals surface area contributed by atoms with E-state index in [0.717, 1.165) is 0 Å². The lowest BCUT2D eigenvalue weighted by Crippen LogP contribution is -2.47. The molecule has 7 nitrogen and oxygen atoms in total. The molecule has 104 valence electrons. The number of carboxylic acids is 1. The van der Waals surface area contributed by atoms with Crippen molar-refractivity contribution < 1.29 is 23.1 Å². The fourth-order valence-corrected chi connectivity index (χ4v) is 2.53. The van der Waals surface area contributed by atoms with Gasteiger partial charge < -0.3 is 15.3 Å². The van der Waals surface area contributed by atoms with Crippen molar-refractivity contribution in [3.8, 4) is 0 Å². The molecular formula is C10H18N2O5S. The SMILES string of the molecule is CCS(=O)(=O)CCNC(=O)N1CCC[C@@H]1C(=O)O. The second-order valence-corrected chi connectivity index (χ2v) is 6.63. The number of rotatable bonds is 5. The van der Waals surface area contributed by atoms with Gasteiger partial charge in [-0.1, -0.05) is 6.92 Å². The Hall–Kier alpha value is -1.31. The Labute approximate surface area is 106 Å². The maximum Gasteiger partial charge on any atom is 0.326 e. The first-order valence-electron chi connectivity index (χ1n) is 5.85. The molecule has 1 saturated heterocycles. The predicted octanol–water partition coefficient (Wildman–Crippen LogP) is -0.320. The van der Waals surface area contributed by atoms with E-state index in [1.54, 1.807) is 0 Å². The van der Waals surface area contributed by atoms with Crippen molar-refractivity contribution in [2.24, 2.45) is 0 Å². The van der Waals surface area contributed by atoms with Crippen LogP contribution in [0.5, 0.6) is 0 Å². The van der Waals surface area contributed by atoms with E-state index in [0.29, 0.717) is 19.4 Å². The van der Waals surface area contributed by atoms with Crippen LogP contribution in [-0.2, 0) is 14.6 Å². The highest BCUT2D eigenvalue weighted by atomic mass is 32.2. The lowest BCUT2D eigenvalue weighted by Gasteiger charge is -2.21. The van der Waals surface area contributed by atoms with Crippen LogP contribution in [-0.4, -0.2) is 61.1 Å². The molecule has 1 aliphatic rings. The number of carboxylic acid groups (broad SMARTS) is 1. The average molecular weight is 278 g/mol. The third-order valence-corrected chi connectivity index (χ3v) is 4.63. The van der Waals surface area contributed by atoms with Gasteiger partial charge in [-0.25, -0.2) is 18.0 Å². The fourth-order valence-electron chi connectivity index (χ4n) is 1.83. The van der Waals surface area contributed by atoms with Gasteiger partial charge in [0, 0.05) is 18.8 Å². The molecule has 0 unspecified atom stereocenters. The summed E-state index contributed by atoms with van der Waals surface area (Å²) in [5.41, 5.74) is 0. The van der Waals surface area contributed by atoms with Crippen molar-refractivity contribution in [2.45, 2.75) is 25.8 Å². The second-order valence-electron chi connectivity index (χ2n) is 4.16. The smallest absolute Gasteiger partial charge is 0.326 e. The molecule has 0 bridgehead atoms. The van der Waals surface area contributed by atoms with Crippen LogP contribution in [0.1, 0.15) is 19.8 Å². The molecule has 0 spiro atoms. The summed E-state index contributed by atoms with van der Waals surface area (Å²) in [6.07, 6.45) is 1.09. The first-order valence-corrected chi connectivity index (χ1v) is 7.67. The van der Waals surface area contributed by atoms with Crippen LogP contribution in [0, 0.1) is 0 Å². The minimum absolute atomic E-state index is 0.0118. The zero-order chi connectivity index (χ0) is 13.8. The van der Waals surface area contributed by atoms with E-state index in [1.807, 2.05) is 0 Å². The first kappa shape index (κ1) is 14.7. The van der Waals surface area contributed by atoms with Gasteiger partial charge in [0.05, 0.1) is 5.75 Å². The standard InChI is InChI=1S/C10H18N2O5S/c1-2-18(16,17)7-5-11-10(15)12-6-3-4-8(12)9(13)14/h8H,2-7H2,1H3,(H,11,15)(H,13,14)/t8-/m1/s1. The number of carbonyl (C=O) groups excluding carboxylic acids is 1. The Balaban J connectivity index is 2.44. The van der Waals surface area contributed by atoms with Gasteiger partial charge in [0.15, 0.2) is 9.84 Å². The van der Waals surface area contributed by atoms with E-state index < -0.39 is 27.9 Å². The normalized spacial score (nSPS) is 19.8. The van der Waals surface area contributed by atoms with Gasteiger partial charge in [-0.15, -0.1) is 0 Å². The minimum Gasteiger partial charge on any atom is -0.480 e. The summed E-state index contributed by atoms with van der Waals surface area (Å²) in [7, 11) is -3.12. The van der Waals surface area contributed by atoms with Crippen molar-refractivity contribution >= 4 is 21.8 Å². The van der Waals surface area contributed by atoms with Crippen LogP contribution in [0.2, 0.25) is 0 Å². The van der Waals surface area contributed by atoms with Gasteiger partial charge in [0.25, 0.3) is 0 Å². The molecule has 2 N–H and O–H groups in total. The van der Waals surface area contributed by atoms with Crippen LogP contribution < -0.4 is 5.32 Å². The van der Waals surface area contributed by atoms with E-state index in [9.17, 15) is 18.0 Å². The van der Waals surface area contributed by atoms with Gasteiger partial charge in [-0.05, 0) is 12.8 Å². The van der Waals surface area contributed by atoms with Crippen molar-refractivity contribution in [3.05, 3.63) is 0 Å². The van der Waals surface area contributed by atoms with Crippen molar-refractivity contribution in [3.63, 3.8) is 0 Å². The molecule has 2 amide bonds. The van der Waals surface area contributed by atoms with Crippen LogP contribution in [0.25, 0.3) is 0 Å². The highest BCUT2D eigenvalue weighted by Gasteiger charge is 2.33. The summed E-state index contributed by atoms with van der Waals surface area (Å²) >= 11 is 0. The molecule has 1 rings (SSSR count). The fraction of sp³-hybridized carbons (Fsp3) is 0.800. The number of likely N-dealkylation sites (tertiary alicyclic amines) is 1. The van der Waals surface area contributed by atoms with Gasteiger partial charge in [-0.3, -0.25) is 0 Å². The lowest BCUT2D eigenvalue weighted by molar-refractivity contribution is -0.141. The molecule has 0 aliphatic carbocycles. The van der Waals surface area contributed by atoms with Crippen LogP contribution >= 0.6 is 0 Å². The van der Waals surface area contributed by atoms with E-state index in [-0.39, 0.29) is 18.1 Å². The third-order valence-electron chi connectivity index (χ3n) is 2.93. The maximum atomic E-state index is 11.7. The number of amides is 2. The van der Waals surface area contributed by atoms with Gasteiger partial charge in [0.2, 0.25) is 0 Å². The highest BCUT2D eigenvalue weighted by molar-refractivity contribution is 7.91. The number of urea groups is 1. The molecule has 0 saturated carbocycles. The Bertz CT molecular complexity index is 420. The molecule has 0 aromatic carbocycles. The van der Waals surface area contributed by atoms with Gasteiger partial charge >= 0.3 is 12.0 Å². The highest BCUT2D eigenvalue weighted by Crippen LogP contribution is 2.17. The summed E-state index contributed by atoms with van der Waals surface area (Å²) in [6, 6.07) is -1.31. The van der Waals surface area contributed by atoms with E-state index in [2.05, 4.69) is 5.32 Å². The summed E-state index contributed by atoms with van der Waals surface area (Å²) in [5.74, 6) is -1.12. The van der Waals surface area contributed by atoms with Gasteiger partial charge in [-0.2, -0.15) is 0 Å². The van der Waals surface area contributed by atoms with E-state index in [1.165, 1.54) is 11.8 Å². The van der Waals surface area contributed by atoms with Crippen LogP contribution in [0.3, 0.4) is 0 Å². The molecule has 1 atom stereocenters. The molecule has 1 fully saturated rings. The quantitative estimate of drug-likeness (QED) is 0.717. The monoisotopic (exact) mass is 278 g/mol. The van der Waals surface area contributed by atoms with Gasteiger partial charge in [0.1, 0.15) is 6.04 Å². The lowest BCUT2D eigenvalue weighted by atomic mass is 10.2. The summed E-state index contributed by atoms with van der Waals surface area (Å²) < 4.78 is 22.4. The topological polar surface area (TPSA) is 104 Å². The number of sulfone groups is 1.